The van der Waals surface area contributed by atoms with E-state index in [0.29, 0.717) is 15.8 Å². The Morgan fingerprint density at radius 2 is 1.96 bits per heavy atom. The van der Waals surface area contributed by atoms with Crippen LogP contribution in [0.4, 0.5) is 0 Å². The van der Waals surface area contributed by atoms with E-state index in [1.165, 1.54) is 27.1 Å². The third-order valence-electron chi connectivity index (χ3n) is 4.56. The maximum absolute atomic E-state index is 13.1. The van der Waals surface area contributed by atoms with Gasteiger partial charge in [-0.15, -0.1) is 22.7 Å². The molecule has 3 heterocycles. The summed E-state index contributed by atoms with van der Waals surface area (Å²) in [7, 11) is 0. The predicted molar refractivity (Wildman–Crippen MR) is 112 cm³/mol. The van der Waals surface area contributed by atoms with Gasteiger partial charge in [0.25, 0.3) is 5.56 Å². The first-order chi connectivity index (χ1) is 12.9. The van der Waals surface area contributed by atoms with E-state index in [1.54, 1.807) is 11.3 Å². The van der Waals surface area contributed by atoms with E-state index in [4.69, 9.17) is 0 Å². The quantitative estimate of drug-likeness (QED) is 0.458. The van der Waals surface area contributed by atoms with Crippen molar-refractivity contribution in [2.45, 2.75) is 27.3 Å². The van der Waals surface area contributed by atoms with Gasteiger partial charge in [-0.1, -0.05) is 23.8 Å². The maximum atomic E-state index is 13.1. The van der Waals surface area contributed by atoms with Gasteiger partial charge < -0.3 is 0 Å². The van der Waals surface area contributed by atoms with Crippen molar-refractivity contribution < 1.29 is 4.79 Å². The summed E-state index contributed by atoms with van der Waals surface area (Å²) in [5.74, 6) is -0.0838. The fourth-order valence-corrected chi connectivity index (χ4v) is 5.07. The summed E-state index contributed by atoms with van der Waals surface area (Å²) in [6.07, 6.45) is 1.48. The first-order valence-corrected chi connectivity index (χ1v) is 10.3. The minimum Gasteiger partial charge on any atom is -0.292 e. The summed E-state index contributed by atoms with van der Waals surface area (Å²) < 4.78 is 1.42. The summed E-state index contributed by atoms with van der Waals surface area (Å²) in [4.78, 5) is 33.2. The van der Waals surface area contributed by atoms with Crippen LogP contribution in [0.15, 0.2) is 46.8 Å². The molecule has 0 aliphatic rings. The van der Waals surface area contributed by atoms with E-state index >= 15 is 0 Å². The topological polar surface area (TPSA) is 52.0 Å². The van der Waals surface area contributed by atoms with E-state index in [-0.39, 0.29) is 17.9 Å². The van der Waals surface area contributed by atoms with Crippen molar-refractivity contribution >= 4 is 38.7 Å². The molecule has 4 nitrogen and oxygen atoms in total. The summed E-state index contributed by atoms with van der Waals surface area (Å²) in [5, 5.41) is 2.57. The molecule has 0 N–H and O–H groups in total. The zero-order valence-electron chi connectivity index (χ0n) is 15.3. The lowest BCUT2D eigenvalue weighted by atomic mass is 10.0. The Hall–Kier alpha value is -2.57. The number of nitrogens with zero attached hydrogens (tertiary/aromatic N) is 2. The number of carbonyl (C=O) groups excluding carboxylic acids is 1. The smallest absolute Gasteiger partial charge is 0.263 e. The number of carbonyl (C=O) groups is 1. The SMILES string of the molecule is Cc1ccc(C(=O)Cn2cnc3scc(-c4ccc(C)s4)c3c2=O)c(C)c1. The van der Waals surface area contributed by atoms with E-state index in [0.717, 1.165) is 21.6 Å². The third kappa shape index (κ3) is 3.26. The fraction of sp³-hybridized carbons (Fsp3) is 0.190. The third-order valence-corrected chi connectivity index (χ3v) is 6.48. The second-order valence-corrected chi connectivity index (χ2v) is 8.81. The Morgan fingerprint density at radius 1 is 1.15 bits per heavy atom. The molecule has 0 radical (unpaired) electrons. The van der Waals surface area contributed by atoms with E-state index in [1.807, 2.05) is 56.5 Å². The van der Waals surface area contributed by atoms with Crippen LogP contribution >= 0.6 is 22.7 Å². The Labute approximate surface area is 164 Å². The molecular weight excluding hydrogens is 376 g/mol. The number of hydrogen-bond acceptors (Lipinski definition) is 5. The van der Waals surface area contributed by atoms with Gasteiger partial charge in [-0.25, -0.2) is 4.98 Å². The monoisotopic (exact) mass is 394 g/mol. The largest absolute Gasteiger partial charge is 0.292 e. The number of ketones is 1. The van der Waals surface area contributed by atoms with Gasteiger partial charge in [0.15, 0.2) is 5.78 Å². The van der Waals surface area contributed by atoms with E-state index in [9.17, 15) is 9.59 Å². The normalized spacial score (nSPS) is 11.2. The Bertz CT molecular complexity index is 1230. The molecule has 0 aliphatic carbocycles. The molecule has 3 aromatic heterocycles. The van der Waals surface area contributed by atoms with Crippen LogP contribution in [0.25, 0.3) is 20.7 Å². The molecule has 0 unspecified atom stereocenters. The summed E-state index contributed by atoms with van der Waals surface area (Å²) in [5.41, 5.74) is 3.41. The van der Waals surface area contributed by atoms with Crippen molar-refractivity contribution in [1.82, 2.24) is 9.55 Å². The lowest BCUT2D eigenvalue weighted by Gasteiger charge is -2.08. The highest BCUT2D eigenvalue weighted by Crippen LogP contribution is 2.34. The van der Waals surface area contributed by atoms with Crippen molar-refractivity contribution in [3.8, 4) is 10.4 Å². The van der Waals surface area contributed by atoms with Crippen molar-refractivity contribution in [3.05, 3.63) is 74.0 Å². The second-order valence-electron chi connectivity index (χ2n) is 6.66. The number of aromatic nitrogens is 2. The van der Waals surface area contributed by atoms with Gasteiger partial charge in [-0.05, 0) is 38.5 Å². The first kappa shape index (κ1) is 17.8. The van der Waals surface area contributed by atoms with Crippen molar-refractivity contribution in [3.63, 3.8) is 0 Å². The van der Waals surface area contributed by atoms with Gasteiger partial charge in [0.2, 0.25) is 0 Å². The molecular formula is C21H18N2O2S2. The van der Waals surface area contributed by atoms with Crippen molar-refractivity contribution in [2.24, 2.45) is 0 Å². The zero-order chi connectivity index (χ0) is 19.1. The van der Waals surface area contributed by atoms with Crippen LogP contribution in [0.5, 0.6) is 0 Å². The first-order valence-electron chi connectivity index (χ1n) is 8.58. The number of thiophene rings is 2. The lowest BCUT2D eigenvalue weighted by molar-refractivity contribution is 0.0970. The maximum Gasteiger partial charge on any atom is 0.263 e. The molecule has 0 amide bonds. The van der Waals surface area contributed by atoms with Crippen LogP contribution in [-0.2, 0) is 6.54 Å². The number of Topliss-reactive ketones (excluding diaryl/α,β-unsaturated/α-hetero) is 1. The number of fused-ring (bicyclic) bond motifs is 1. The average Bonchev–Trinajstić information content (AvgIpc) is 3.23. The molecule has 27 heavy (non-hydrogen) atoms. The van der Waals surface area contributed by atoms with Gasteiger partial charge in [-0.3, -0.25) is 14.2 Å². The zero-order valence-corrected chi connectivity index (χ0v) is 16.9. The van der Waals surface area contributed by atoms with Crippen LogP contribution in [-0.4, -0.2) is 15.3 Å². The predicted octanol–water partition coefficient (Wildman–Crippen LogP) is 4.99. The number of rotatable bonds is 4. The molecule has 6 heteroatoms. The minimum absolute atomic E-state index is 0.00949. The molecule has 0 saturated carbocycles. The van der Waals surface area contributed by atoms with Gasteiger partial charge in [0.05, 0.1) is 18.3 Å². The van der Waals surface area contributed by atoms with Gasteiger partial charge in [0.1, 0.15) is 4.83 Å². The average molecular weight is 395 g/mol. The fourth-order valence-electron chi connectivity index (χ4n) is 3.21. The number of hydrogen-bond donors (Lipinski definition) is 0. The standard InChI is InChI=1S/C21H18N2O2S2/c1-12-4-6-15(13(2)8-12)17(24)9-23-11-22-20-19(21(23)25)16(10-26-20)18-7-5-14(3)27-18/h4-8,10-11H,9H2,1-3H3. The summed E-state index contributed by atoms with van der Waals surface area (Å²) in [6.45, 7) is 5.95. The molecule has 0 atom stereocenters. The van der Waals surface area contributed by atoms with Crippen LogP contribution in [0.3, 0.4) is 0 Å². The molecule has 0 saturated heterocycles. The molecule has 1 aromatic carbocycles. The molecule has 136 valence electrons. The molecule has 4 aromatic rings. The van der Waals surface area contributed by atoms with E-state index in [2.05, 4.69) is 4.98 Å². The van der Waals surface area contributed by atoms with Crippen molar-refractivity contribution in [2.75, 3.05) is 0 Å². The van der Waals surface area contributed by atoms with Gasteiger partial charge in [0, 0.05) is 26.3 Å². The van der Waals surface area contributed by atoms with Crippen molar-refractivity contribution in [1.29, 1.82) is 0 Å². The molecule has 0 aliphatic heterocycles. The van der Waals surface area contributed by atoms with Gasteiger partial charge >= 0.3 is 0 Å². The van der Waals surface area contributed by atoms with Crippen LogP contribution < -0.4 is 5.56 Å². The Morgan fingerprint density at radius 3 is 2.67 bits per heavy atom. The van der Waals surface area contributed by atoms with Crippen LogP contribution in [0.2, 0.25) is 0 Å². The second kappa shape index (κ2) is 6.87. The van der Waals surface area contributed by atoms with Gasteiger partial charge in [-0.2, -0.15) is 0 Å². The van der Waals surface area contributed by atoms with E-state index < -0.39 is 0 Å². The highest BCUT2D eigenvalue weighted by atomic mass is 32.1. The minimum atomic E-state index is -0.166. The highest BCUT2D eigenvalue weighted by molar-refractivity contribution is 7.19. The molecule has 0 spiro atoms. The summed E-state index contributed by atoms with van der Waals surface area (Å²) in [6, 6.07) is 9.80. The van der Waals surface area contributed by atoms with Crippen LogP contribution in [0.1, 0.15) is 26.4 Å². The number of benzene rings is 1. The molecule has 0 fully saturated rings. The Balaban J connectivity index is 1.76. The van der Waals surface area contributed by atoms with Crippen LogP contribution in [0, 0.1) is 20.8 Å². The number of aryl methyl sites for hydroxylation is 3. The summed E-state index contributed by atoms with van der Waals surface area (Å²) >= 11 is 3.11. The lowest BCUT2D eigenvalue weighted by Crippen LogP contribution is -2.24. The molecule has 4 rings (SSSR count). The highest BCUT2D eigenvalue weighted by Gasteiger charge is 2.17. The Kier molecular flexibility index (Phi) is 4.53. The molecule has 0 bridgehead atoms.